The van der Waals surface area contributed by atoms with Crippen molar-refractivity contribution < 1.29 is 9.53 Å². The Morgan fingerprint density at radius 3 is 2.64 bits per heavy atom. The molecule has 2 saturated carbocycles. The van der Waals surface area contributed by atoms with E-state index in [2.05, 4.69) is 53.1 Å². The zero-order valence-corrected chi connectivity index (χ0v) is 19.0. The Kier molecular flexibility index (Phi) is 5.09. The molecule has 168 valence electrons. The van der Waals surface area contributed by atoms with Crippen LogP contribution in [0.1, 0.15) is 59.6 Å². The fourth-order valence-corrected chi connectivity index (χ4v) is 6.66. The Balaban J connectivity index is 1.33. The summed E-state index contributed by atoms with van der Waals surface area (Å²) in [5, 5.41) is 6.92. The van der Waals surface area contributed by atoms with Gasteiger partial charge in [-0.25, -0.2) is 0 Å². The lowest BCUT2D eigenvalue weighted by Crippen LogP contribution is -2.35. The van der Waals surface area contributed by atoms with Crippen molar-refractivity contribution in [2.24, 2.45) is 17.8 Å². The SMILES string of the molecule is CCOc1ccccc1NC(=O)c1ccc2c(c1)[C@H]1[C@@H]3CC[C@@H](C3)[C@@H]1[C@H](c1ccccc1)N2. The van der Waals surface area contributed by atoms with E-state index in [0.717, 1.165) is 11.8 Å². The highest BCUT2D eigenvalue weighted by Gasteiger charge is 2.53. The number of fused-ring (bicyclic) bond motifs is 7. The van der Waals surface area contributed by atoms with Crippen molar-refractivity contribution in [2.75, 3.05) is 17.2 Å². The van der Waals surface area contributed by atoms with Crippen molar-refractivity contribution in [1.82, 2.24) is 0 Å². The number of hydrogen-bond donors (Lipinski definition) is 2. The molecule has 2 bridgehead atoms. The number of ether oxygens (including phenoxy) is 1. The first-order valence-corrected chi connectivity index (χ1v) is 12.2. The largest absolute Gasteiger partial charge is 0.492 e. The summed E-state index contributed by atoms with van der Waals surface area (Å²) in [6.45, 7) is 2.51. The summed E-state index contributed by atoms with van der Waals surface area (Å²) in [7, 11) is 0. The van der Waals surface area contributed by atoms with Crippen LogP contribution in [0.4, 0.5) is 11.4 Å². The van der Waals surface area contributed by atoms with Crippen molar-refractivity contribution in [3.05, 3.63) is 89.5 Å². The van der Waals surface area contributed by atoms with E-state index >= 15 is 0 Å². The van der Waals surface area contributed by atoms with Crippen LogP contribution in [0.2, 0.25) is 0 Å². The molecule has 3 aromatic carbocycles. The molecule has 6 rings (SSSR count). The monoisotopic (exact) mass is 438 g/mol. The molecule has 1 aliphatic heterocycles. The third-order valence-corrected chi connectivity index (χ3v) is 7.94. The molecule has 0 unspecified atom stereocenters. The summed E-state index contributed by atoms with van der Waals surface area (Å²) in [6.07, 6.45) is 3.96. The fraction of sp³-hybridized carbons (Fsp3) is 0.345. The van der Waals surface area contributed by atoms with E-state index in [9.17, 15) is 4.79 Å². The molecule has 2 N–H and O–H groups in total. The topological polar surface area (TPSA) is 50.4 Å². The van der Waals surface area contributed by atoms with Gasteiger partial charge in [-0.05, 0) is 91.3 Å². The number of carbonyl (C=O) groups excluding carboxylic acids is 1. The van der Waals surface area contributed by atoms with Gasteiger partial charge in [-0.15, -0.1) is 0 Å². The second kappa shape index (κ2) is 8.26. The Bertz CT molecular complexity index is 1180. The van der Waals surface area contributed by atoms with E-state index < -0.39 is 0 Å². The number of benzene rings is 3. The molecule has 0 spiro atoms. The Labute approximate surface area is 195 Å². The maximum absolute atomic E-state index is 13.2. The minimum atomic E-state index is -0.0881. The maximum atomic E-state index is 13.2. The highest BCUT2D eigenvalue weighted by Crippen LogP contribution is 2.63. The molecule has 4 nitrogen and oxygen atoms in total. The second-order valence-corrected chi connectivity index (χ2v) is 9.65. The number of para-hydroxylation sites is 2. The second-order valence-electron chi connectivity index (χ2n) is 9.65. The third-order valence-electron chi connectivity index (χ3n) is 7.94. The number of hydrogen-bond acceptors (Lipinski definition) is 3. The summed E-state index contributed by atoms with van der Waals surface area (Å²) in [4.78, 5) is 13.2. The summed E-state index contributed by atoms with van der Waals surface area (Å²) >= 11 is 0. The standard InChI is InChI=1S/C29H30N2O2/c1-2-33-25-11-7-6-10-24(25)31-29(32)21-14-15-23-22(17-21)26-19-12-13-20(16-19)27(26)28(30-23)18-8-4-3-5-9-18/h3-11,14-15,17,19-20,26-28,30H,2,12-13,16H2,1H3,(H,31,32)/t19-,20+,26-,27+,28+/m1/s1. The highest BCUT2D eigenvalue weighted by atomic mass is 16.5. The van der Waals surface area contributed by atoms with E-state index in [1.165, 1.54) is 36.1 Å². The molecule has 0 aromatic heterocycles. The first-order chi connectivity index (χ1) is 16.2. The third kappa shape index (κ3) is 3.49. The van der Waals surface area contributed by atoms with Gasteiger partial charge in [0.25, 0.3) is 5.91 Å². The molecule has 1 amide bonds. The van der Waals surface area contributed by atoms with Crippen LogP contribution in [0.15, 0.2) is 72.8 Å². The van der Waals surface area contributed by atoms with Crippen molar-refractivity contribution in [1.29, 1.82) is 0 Å². The lowest BCUT2D eigenvalue weighted by atomic mass is 9.68. The van der Waals surface area contributed by atoms with Gasteiger partial charge < -0.3 is 15.4 Å². The fourth-order valence-electron chi connectivity index (χ4n) is 6.66. The van der Waals surface area contributed by atoms with E-state index in [-0.39, 0.29) is 5.91 Å². The van der Waals surface area contributed by atoms with Gasteiger partial charge in [0.1, 0.15) is 5.75 Å². The number of nitrogens with one attached hydrogen (secondary N) is 2. The smallest absolute Gasteiger partial charge is 0.255 e. The van der Waals surface area contributed by atoms with Gasteiger partial charge in [0, 0.05) is 11.3 Å². The van der Waals surface area contributed by atoms with Crippen LogP contribution in [0.25, 0.3) is 0 Å². The molecular formula is C29H30N2O2. The molecule has 2 fully saturated rings. The van der Waals surface area contributed by atoms with E-state index in [0.29, 0.717) is 41.5 Å². The summed E-state index contributed by atoms with van der Waals surface area (Å²) in [5.74, 6) is 3.22. The van der Waals surface area contributed by atoms with Crippen molar-refractivity contribution >= 4 is 17.3 Å². The van der Waals surface area contributed by atoms with Gasteiger partial charge in [-0.1, -0.05) is 42.5 Å². The lowest BCUT2D eigenvalue weighted by molar-refractivity contribution is 0.102. The van der Waals surface area contributed by atoms with Crippen molar-refractivity contribution in [2.45, 2.75) is 38.1 Å². The molecule has 1 heterocycles. The predicted molar refractivity (Wildman–Crippen MR) is 132 cm³/mol. The molecule has 5 atom stereocenters. The van der Waals surface area contributed by atoms with Gasteiger partial charge >= 0.3 is 0 Å². The maximum Gasteiger partial charge on any atom is 0.255 e. The summed E-state index contributed by atoms with van der Waals surface area (Å²) in [5.41, 5.74) is 5.30. The van der Waals surface area contributed by atoms with Gasteiger partial charge in [0.2, 0.25) is 0 Å². The van der Waals surface area contributed by atoms with E-state index in [1.807, 2.05) is 37.3 Å². The van der Waals surface area contributed by atoms with Gasteiger partial charge in [0.05, 0.1) is 18.3 Å². The van der Waals surface area contributed by atoms with Crippen LogP contribution < -0.4 is 15.4 Å². The summed E-state index contributed by atoms with van der Waals surface area (Å²) in [6, 6.07) is 25.0. The molecule has 0 saturated heterocycles. The molecule has 3 aliphatic rings. The van der Waals surface area contributed by atoms with Crippen LogP contribution in [0, 0.1) is 17.8 Å². The van der Waals surface area contributed by atoms with Crippen LogP contribution >= 0.6 is 0 Å². The zero-order valence-electron chi connectivity index (χ0n) is 19.0. The van der Waals surface area contributed by atoms with E-state index in [4.69, 9.17) is 4.74 Å². The average molecular weight is 439 g/mol. The van der Waals surface area contributed by atoms with Crippen LogP contribution in [-0.2, 0) is 0 Å². The number of anilines is 2. The van der Waals surface area contributed by atoms with Crippen LogP contribution in [0.3, 0.4) is 0 Å². The van der Waals surface area contributed by atoms with E-state index in [1.54, 1.807) is 0 Å². The molecule has 0 radical (unpaired) electrons. The molecule has 2 aliphatic carbocycles. The molecular weight excluding hydrogens is 408 g/mol. The van der Waals surface area contributed by atoms with Gasteiger partial charge in [-0.2, -0.15) is 0 Å². The highest BCUT2D eigenvalue weighted by molar-refractivity contribution is 6.05. The number of carbonyl (C=O) groups is 1. The average Bonchev–Trinajstić information content (AvgIpc) is 3.48. The predicted octanol–water partition coefficient (Wildman–Crippen LogP) is 6.63. The molecule has 3 aromatic rings. The summed E-state index contributed by atoms with van der Waals surface area (Å²) < 4.78 is 5.68. The minimum Gasteiger partial charge on any atom is -0.492 e. The van der Waals surface area contributed by atoms with Crippen LogP contribution in [0.5, 0.6) is 5.75 Å². The Hall–Kier alpha value is -3.27. The van der Waals surface area contributed by atoms with Crippen molar-refractivity contribution in [3.63, 3.8) is 0 Å². The number of amides is 1. The number of rotatable bonds is 5. The quantitative estimate of drug-likeness (QED) is 0.470. The first kappa shape index (κ1) is 20.3. The Morgan fingerprint density at radius 2 is 1.79 bits per heavy atom. The van der Waals surface area contributed by atoms with Gasteiger partial charge in [0.15, 0.2) is 0 Å². The normalized spacial score (nSPS) is 26.8. The first-order valence-electron chi connectivity index (χ1n) is 12.2. The molecule has 33 heavy (non-hydrogen) atoms. The van der Waals surface area contributed by atoms with Crippen molar-refractivity contribution in [3.8, 4) is 5.75 Å². The zero-order chi connectivity index (χ0) is 22.4. The minimum absolute atomic E-state index is 0.0881. The van der Waals surface area contributed by atoms with Crippen LogP contribution in [-0.4, -0.2) is 12.5 Å². The Morgan fingerprint density at radius 1 is 1.00 bits per heavy atom. The van der Waals surface area contributed by atoms with Gasteiger partial charge in [-0.3, -0.25) is 4.79 Å². The lowest BCUT2D eigenvalue weighted by Gasteiger charge is -2.43. The molecule has 4 heteroatoms.